The molecule has 0 spiro atoms. The second-order valence-electron chi connectivity index (χ2n) is 10.5. The van der Waals surface area contributed by atoms with Crippen LogP contribution in [-0.4, -0.2) is 13.2 Å². The molecule has 0 radical (unpaired) electrons. The van der Waals surface area contributed by atoms with Crippen molar-refractivity contribution in [2.45, 2.75) is 64.6 Å². The molecule has 0 amide bonds. The lowest BCUT2D eigenvalue weighted by Crippen LogP contribution is -2.54. The molecular formula is C27H32BrCl2NO2. The van der Waals surface area contributed by atoms with Crippen molar-refractivity contribution in [3.63, 3.8) is 0 Å². The molecule has 6 rings (SSSR count). The average molecular weight is 553 g/mol. The first kappa shape index (κ1) is 23.8. The van der Waals surface area contributed by atoms with E-state index in [2.05, 4.69) is 40.3 Å². The zero-order valence-corrected chi connectivity index (χ0v) is 22.4. The lowest BCUT2D eigenvalue weighted by molar-refractivity contribution is -0.0706. The summed E-state index contributed by atoms with van der Waals surface area (Å²) in [4.78, 5) is 0. The Hall–Kier alpha value is -0.940. The summed E-state index contributed by atoms with van der Waals surface area (Å²) in [6.07, 6.45) is 8.71. The minimum absolute atomic E-state index is 0.339. The van der Waals surface area contributed by atoms with Gasteiger partial charge in [-0.1, -0.05) is 29.3 Å². The number of ether oxygens (including phenoxy) is 2. The molecule has 1 N–H and O–H groups in total. The van der Waals surface area contributed by atoms with Crippen molar-refractivity contribution in [3.05, 3.63) is 56.0 Å². The normalized spacial score (nSPS) is 28.7. The van der Waals surface area contributed by atoms with Crippen molar-refractivity contribution in [2.75, 3.05) is 7.11 Å². The highest BCUT2D eigenvalue weighted by molar-refractivity contribution is 9.10. The summed E-state index contributed by atoms with van der Waals surface area (Å²) in [6.45, 7) is 3.57. The molecule has 0 aromatic heterocycles. The smallest absolute Gasteiger partial charge is 0.175 e. The summed E-state index contributed by atoms with van der Waals surface area (Å²) >= 11 is 16.0. The molecule has 6 heteroatoms. The summed E-state index contributed by atoms with van der Waals surface area (Å²) in [5.74, 6) is 4.32. The largest absolute Gasteiger partial charge is 0.493 e. The van der Waals surface area contributed by atoms with Gasteiger partial charge in [-0.25, -0.2) is 0 Å². The maximum absolute atomic E-state index is 6.30. The van der Waals surface area contributed by atoms with Gasteiger partial charge >= 0.3 is 0 Å². The van der Waals surface area contributed by atoms with Crippen LogP contribution in [0.25, 0.3) is 0 Å². The Bertz CT molecular complexity index is 992. The zero-order valence-electron chi connectivity index (χ0n) is 19.3. The summed E-state index contributed by atoms with van der Waals surface area (Å²) in [7, 11) is 1.68. The first-order valence-electron chi connectivity index (χ1n) is 12.0. The fourth-order valence-corrected chi connectivity index (χ4v) is 8.07. The van der Waals surface area contributed by atoms with Gasteiger partial charge in [-0.3, -0.25) is 0 Å². The Labute approximate surface area is 215 Å². The fourth-order valence-electron chi connectivity index (χ4n) is 7.00. The lowest BCUT2D eigenvalue weighted by Gasteiger charge is -2.59. The monoisotopic (exact) mass is 551 g/mol. The van der Waals surface area contributed by atoms with Crippen LogP contribution >= 0.6 is 39.1 Å². The second-order valence-corrected chi connectivity index (χ2v) is 12.2. The maximum Gasteiger partial charge on any atom is 0.175 e. The van der Waals surface area contributed by atoms with Gasteiger partial charge in [-0.05, 0) is 114 Å². The Kier molecular flexibility index (Phi) is 6.92. The standard InChI is InChI=1S/C27H32BrCl2NO2/c1-16(27-11-17-5-18(12-27)7-19(6-17)13-27)31-14-20-8-23(28)26(25(9-20)32-2)33-15-21-3-4-22(29)10-24(21)30/h3-4,8-10,16-19,31H,5-7,11-15H2,1-2H3. The van der Waals surface area contributed by atoms with Crippen LogP contribution in [-0.2, 0) is 13.2 Å². The van der Waals surface area contributed by atoms with Crippen LogP contribution in [0, 0.1) is 23.2 Å². The summed E-state index contributed by atoms with van der Waals surface area (Å²) < 4.78 is 12.6. The first-order valence-corrected chi connectivity index (χ1v) is 13.6. The van der Waals surface area contributed by atoms with Crippen molar-refractivity contribution >= 4 is 39.1 Å². The van der Waals surface area contributed by atoms with Crippen molar-refractivity contribution in [1.82, 2.24) is 5.32 Å². The van der Waals surface area contributed by atoms with E-state index in [1.54, 1.807) is 13.2 Å². The van der Waals surface area contributed by atoms with E-state index in [4.69, 9.17) is 32.7 Å². The molecule has 2 aromatic carbocycles. The van der Waals surface area contributed by atoms with Crippen LogP contribution in [0.5, 0.6) is 11.5 Å². The molecule has 2 aromatic rings. The molecule has 4 aliphatic carbocycles. The predicted octanol–water partition coefficient (Wildman–Crippen LogP) is 8.04. The quantitative estimate of drug-likeness (QED) is 0.359. The summed E-state index contributed by atoms with van der Waals surface area (Å²) in [5, 5.41) is 5.08. The van der Waals surface area contributed by atoms with Crippen molar-refractivity contribution in [2.24, 2.45) is 23.2 Å². The molecule has 0 aliphatic heterocycles. The van der Waals surface area contributed by atoms with Crippen LogP contribution in [0.15, 0.2) is 34.8 Å². The highest BCUT2D eigenvalue weighted by atomic mass is 79.9. The molecule has 3 nitrogen and oxygen atoms in total. The number of rotatable bonds is 8. The van der Waals surface area contributed by atoms with Gasteiger partial charge < -0.3 is 14.8 Å². The molecule has 0 heterocycles. The van der Waals surface area contributed by atoms with Gasteiger partial charge in [-0.2, -0.15) is 0 Å². The molecule has 33 heavy (non-hydrogen) atoms. The first-order chi connectivity index (χ1) is 15.8. The SMILES string of the molecule is COc1cc(CNC(C)C23CC4CC(CC(C4)C2)C3)cc(Br)c1OCc1ccc(Cl)cc1Cl. The highest BCUT2D eigenvalue weighted by Gasteiger charge is 2.52. The molecule has 4 bridgehead atoms. The van der Waals surface area contributed by atoms with E-state index in [1.807, 2.05) is 12.1 Å². The van der Waals surface area contributed by atoms with Crippen molar-refractivity contribution in [1.29, 1.82) is 0 Å². The molecule has 178 valence electrons. The topological polar surface area (TPSA) is 30.5 Å². The van der Waals surface area contributed by atoms with Crippen LogP contribution < -0.4 is 14.8 Å². The number of methoxy groups -OCH3 is 1. The molecule has 4 saturated carbocycles. The summed E-state index contributed by atoms with van der Waals surface area (Å²) in [5.41, 5.74) is 2.56. The van der Waals surface area contributed by atoms with Crippen LogP contribution in [0.3, 0.4) is 0 Å². The van der Waals surface area contributed by atoms with E-state index in [0.717, 1.165) is 34.3 Å². The van der Waals surface area contributed by atoms with E-state index >= 15 is 0 Å². The second kappa shape index (κ2) is 9.60. The van der Waals surface area contributed by atoms with E-state index in [-0.39, 0.29) is 0 Å². The van der Waals surface area contributed by atoms with Gasteiger partial charge in [0.1, 0.15) is 6.61 Å². The van der Waals surface area contributed by atoms with Crippen molar-refractivity contribution < 1.29 is 9.47 Å². The molecular weight excluding hydrogens is 521 g/mol. The third-order valence-electron chi connectivity index (χ3n) is 8.29. The number of benzene rings is 2. The zero-order chi connectivity index (χ0) is 23.2. The highest BCUT2D eigenvalue weighted by Crippen LogP contribution is 2.61. The third kappa shape index (κ3) is 4.91. The minimum atomic E-state index is 0.339. The Morgan fingerprint density at radius 3 is 2.33 bits per heavy atom. The number of hydrogen-bond acceptors (Lipinski definition) is 3. The molecule has 0 saturated heterocycles. The fraction of sp³-hybridized carbons (Fsp3) is 0.556. The van der Waals surface area contributed by atoms with Gasteiger partial charge in [0.15, 0.2) is 11.5 Å². The Morgan fingerprint density at radius 2 is 1.73 bits per heavy atom. The van der Waals surface area contributed by atoms with E-state index in [1.165, 1.54) is 44.1 Å². The third-order valence-corrected chi connectivity index (χ3v) is 9.47. The maximum atomic E-state index is 6.30. The number of nitrogens with one attached hydrogen (secondary N) is 1. The number of hydrogen-bond donors (Lipinski definition) is 1. The molecule has 1 atom stereocenters. The number of halogens is 3. The van der Waals surface area contributed by atoms with E-state index < -0.39 is 0 Å². The van der Waals surface area contributed by atoms with Gasteiger partial charge in [0.2, 0.25) is 0 Å². The van der Waals surface area contributed by atoms with Gasteiger partial charge in [0.25, 0.3) is 0 Å². The van der Waals surface area contributed by atoms with Crippen LogP contribution in [0.4, 0.5) is 0 Å². The van der Waals surface area contributed by atoms with Crippen LogP contribution in [0.1, 0.15) is 56.6 Å². The molecule has 1 unspecified atom stereocenters. The van der Waals surface area contributed by atoms with Crippen molar-refractivity contribution in [3.8, 4) is 11.5 Å². The van der Waals surface area contributed by atoms with E-state index in [9.17, 15) is 0 Å². The lowest BCUT2D eigenvalue weighted by atomic mass is 9.48. The van der Waals surface area contributed by atoms with E-state index in [0.29, 0.717) is 39.6 Å². The van der Waals surface area contributed by atoms with Crippen LogP contribution in [0.2, 0.25) is 10.0 Å². The summed E-state index contributed by atoms with van der Waals surface area (Å²) in [6, 6.07) is 10.2. The minimum Gasteiger partial charge on any atom is -0.493 e. The van der Waals surface area contributed by atoms with Gasteiger partial charge in [0.05, 0.1) is 11.6 Å². The van der Waals surface area contributed by atoms with Gasteiger partial charge in [-0.15, -0.1) is 0 Å². The van der Waals surface area contributed by atoms with Gasteiger partial charge in [0, 0.05) is 28.2 Å². The average Bonchev–Trinajstić information content (AvgIpc) is 2.76. The molecule has 4 aliphatic rings. The Morgan fingerprint density at radius 1 is 1.06 bits per heavy atom. The Balaban J connectivity index is 1.25. The predicted molar refractivity (Wildman–Crippen MR) is 138 cm³/mol. The molecule has 4 fully saturated rings.